The molecule has 3 aromatic carbocycles. The number of nitrogens with one attached hydrogen (secondary N) is 2. The van der Waals surface area contributed by atoms with Crippen molar-refractivity contribution < 1.29 is 32.9 Å². The van der Waals surface area contributed by atoms with Gasteiger partial charge in [0.2, 0.25) is 5.91 Å². The number of fused-ring (bicyclic) bond motifs is 1. The van der Waals surface area contributed by atoms with Crippen LogP contribution >= 0.6 is 0 Å². The number of ketones is 1. The maximum atomic E-state index is 15.4. The van der Waals surface area contributed by atoms with Gasteiger partial charge in [0.25, 0.3) is 0 Å². The Balaban J connectivity index is 1.02. The van der Waals surface area contributed by atoms with Crippen molar-refractivity contribution in [3.63, 3.8) is 0 Å². The number of carbonyl (C=O) groups is 2. The van der Waals surface area contributed by atoms with Gasteiger partial charge < -0.3 is 29.6 Å². The van der Waals surface area contributed by atoms with Crippen molar-refractivity contribution in [1.29, 1.82) is 0 Å². The number of hydrogen-bond acceptors (Lipinski definition) is 8. The van der Waals surface area contributed by atoms with Crippen LogP contribution in [0.25, 0.3) is 10.9 Å². The summed E-state index contributed by atoms with van der Waals surface area (Å²) in [5, 5.41) is 7.25. The van der Waals surface area contributed by atoms with Crippen LogP contribution < -0.4 is 24.8 Å². The van der Waals surface area contributed by atoms with Crippen molar-refractivity contribution in [3.8, 4) is 23.0 Å². The van der Waals surface area contributed by atoms with E-state index in [4.69, 9.17) is 18.9 Å². The number of carbonyl (C=O) groups excluding carboxylic acids is 2. The van der Waals surface area contributed by atoms with Crippen LogP contribution in [0.4, 0.5) is 10.1 Å². The number of pyridine rings is 1. The molecule has 1 amide bonds. The number of rotatable bonds is 13. The minimum atomic E-state index is -1.07. The summed E-state index contributed by atoms with van der Waals surface area (Å²) in [7, 11) is 1.58. The zero-order valence-electron chi connectivity index (χ0n) is 26.4. The molecule has 3 aliphatic rings. The van der Waals surface area contributed by atoms with Crippen LogP contribution in [-0.2, 0) is 20.7 Å². The number of para-hydroxylation sites is 1. The molecular formula is C37H38FN3O6. The highest BCUT2D eigenvalue weighted by Crippen LogP contribution is 2.48. The molecule has 0 bridgehead atoms. The molecule has 10 heteroatoms. The monoisotopic (exact) mass is 639 g/mol. The molecule has 0 radical (unpaired) electrons. The summed E-state index contributed by atoms with van der Waals surface area (Å²) in [4.78, 5) is 30.6. The first-order chi connectivity index (χ1) is 22.9. The molecule has 1 aliphatic heterocycles. The highest BCUT2D eigenvalue weighted by atomic mass is 19.1. The molecular weight excluding hydrogens is 601 g/mol. The van der Waals surface area contributed by atoms with E-state index < -0.39 is 11.2 Å². The fourth-order valence-corrected chi connectivity index (χ4v) is 6.20. The van der Waals surface area contributed by atoms with E-state index in [0.29, 0.717) is 64.9 Å². The van der Waals surface area contributed by atoms with Crippen molar-refractivity contribution in [3.05, 3.63) is 84.3 Å². The largest absolute Gasteiger partial charge is 0.493 e. The van der Waals surface area contributed by atoms with Gasteiger partial charge in [0.1, 0.15) is 17.8 Å². The Morgan fingerprint density at radius 1 is 0.936 bits per heavy atom. The number of Topliss-reactive ketones (excluding diaryl/α,β-unsaturated/α-hetero) is 1. The van der Waals surface area contributed by atoms with Gasteiger partial charge in [-0.2, -0.15) is 0 Å². The molecule has 244 valence electrons. The highest BCUT2D eigenvalue weighted by molar-refractivity contribution is 6.14. The van der Waals surface area contributed by atoms with Crippen LogP contribution in [0.1, 0.15) is 44.1 Å². The molecule has 2 aliphatic carbocycles. The van der Waals surface area contributed by atoms with Gasteiger partial charge in [-0.1, -0.05) is 24.3 Å². The van der Waals surface area contributed by atoms with E-state index in [-0.39, 0.29) is 29.4 Å². The first-order valence-electron chi connectivity index (χ1n) is 16.2. The van der Waals surface area contributed by atoms with E-state index in [0.717, 1.165) is 38.9 Å². The number of hydrogen-bond donors (Lipinski definition) is 2. The molecule has 0 spiro atoms. The maximum Gasteiger partial charge on any atom is 0.238 e. The lowest BCUT2D eigenvalue weighted by molar-refractivity contribution is -0.132. The summed E-state index contributed by atoms with van der Waals surface area (Å²) < 4.78 is 38.8. The van der Waals surface area contributed by atoms with Crippen LogP contribution in [0, 0.1) is 11.2 Å². The molecule has 1 saturated heterocycles. The summed E-state index contributed by atoms with van der Waals surface area (Å²) >= 11 is 0. The third-order valence-corrected chi connectivity index (χ3v) is 9.41. The minimum absolute atomic E-state index is 0.00538. The number of nitrogens with zero attached hydrogens (tertiary/aromatic N) is 1. The fourth-order valence-electron chi connectivity index (χ4n) is 6.20. The van der Waals surface area contributed by atoms with E-state index in [2.05, 4.69) is 15.6 Å². The molecule has 2 saturated carbocycles. The summed E-state index contributed by atoms with van der Waals surface area (Å²) in [5.74, 6) is 0.352. The van der Waals surface area contributed by atoms with Gasteiger partial charge >= 0.3 is 0 Å². The van der Waals surface area contributed by atoms with Crippen LogP contribution in [0.3, 0.4) is 0 Å². The standard InChI is InChI=1S/C37H38FN3O6/c1-44-32-21-27-29(22-33(32)46-23-36(12-13-36)41-26-10-17-45-18-11-26)39-16-9-30(27)47-31-8-7-24(19-28(31)38)20-34(42)37(14-15-37)35(43)40-25-5-3-2-4-6-25/h2-9,16,19,21-22,26,41H,10-15,17-18,20,23H2,1H3,(H,40,43). The lowest BCUT2D eigenvalue weighted by Crippen LogP contribution is -2.46. The van der Waals surface area contributed by atoms with Crippen molar-refractivity contribution in [2.24, 2.45) is 5.41 Å². The second-order valence-electron chi connectivity index (χ2n) is 12.8. The highest BCUT2D eigenvalue weighted by Gasteiger charge is 2.55. The first kappa shape index (κ1) is 31.1. The Morgan fingerprint density at radius 3 is 2.43 bits per heavy atom. The predicted molar refractivity (Wildman–Crippen MR) is 175 cm³/mol. The van der Waals surface area contributed by atoms with Crippen LogP contribution in [0.2, 0.25) is 0 Å². The smallest absolute Gasteiger partial charge is 0.238 e. The lowest BCUT2D eigenvalue weighted by Gasteiger charge is -2.28. The van der Waals surface area contributed by atoms with Crippen molar-refractivity contribution in [2.45, 2.75) is 56.5 Å². The Morgan fingerprint density at radius 2 is 1.72 bits per heavy atom. The van der Waals surface area contributed by atoms with Crippen LogP contribution in [-0.4, -0.2) is 55.2 Å². The zero-order valence-corrected chi connectivity index (χ0v) is 26.4. The van der Waals surface area contributed by atoms with E-state index >= 15 is 4.39 Å². The fraction of sp³-hybridized carbons (Fsp3) is 0.378. The quantitative estimate of drug-likeness (QED) is 0.162. The van der Waals surface area contributed by atoms with E-state index in [1.54, 1.807) is 43.6 Å². The number of aromatic nitrogens is 1. The predicted octanol–water partition coefficient (Wildman–Crippen LogP) is 6.39. The molecule has 3 fully saturated rings. The van der Waals surface area contributed by atoms with Crippen molar-refractivity contribution in [2.75, 3.05) is 32.2 Å². The normalized spacial score (nSPS) is 17.9. The van der Waals surface area contributed by atoms with Gasteiger partial charge in [-0.3, -0.25) is 14.6 Å². The second-order valence-corrected chi connectivity index (χ2v) is 12.8. The molecule has 2 N–H and O–H groups in total. The Kier molecular flexibility index (Phi) is 8.55. The number of anilines is 1. The van der Waals surface area contributed by atoms with Gasteiger partial charge in [0, 0.05) is 49.0 Å². The number of amides is 1. The SMILES string of the molecule is COc1cc2c(Oc3ccc(CC(=O)C4(C(=O)Nc5ccccc5)CC4)cc3F)ccnc2cc1OCC1(NC2CCOCC2)CC1. The average Bonchev–Trinajstić information content (AvgIpc) is 4.02. The Labute approximate surface area is 272 Å². The molecule has 2 heterocycles. The molecule has 47 heavy (non-hydrogen) atoms. The first-order valence-corrected chi connectivity index (χ1v) is 16.2. The maximum absolute atomic E-state index is 15.4. The van der Waals surface area contributed by atoms with Crippen LogP contribution in [0.15, 0.2) is 72.9 Å². The van der Waals surface area contributed by atoms with Gasteiger partial charge in [-0.05, 0) is 80.5 Å². The van der Waals surface area contributed by atoms with Gasteiger partial charge in [-0.25, -0.2) is 4.39 Å². The molecule has 0 atom stereocenters. The summed E-state index contributed by atoms with van der Waals surface area (Å²) in [6, 6.07) is 19.2. The van der Waals surface area contributed by atoms with Crippen molar-refractivity contribution >= 4 is 28.3 Å². The average molecular weight is 640 g/mol. The molecule has 4 aromatic rings. The zero-order chi connectivity index (χ0) is 32.4. The van der Waals surface area contributed by atoms with Crippen LogP contribution in [0.5, 0.6) is 23.0 Å². The molecule has 0 unspecified atom stereocenters. The molecule has 9 nitrogen and oxygen atoms in total. The molecule has 1 aromatic heterocycles. The van der Waals surface area contributed by atoms with E-state index in [1.807, 2.05) is 24.3 Å². The number of methoxy groups -OCH3 is 1. The minimum Gasteiger partial charge on any atom is -0.493 e. The second kappa shape index (κ2) is 12.9. The summed E-state index contributed by atoms with van der Waals surface area (Å²) in [6.45, 7) is 2.08. The third-order valence-electron chi connectivity index (χ3n) is 9.41. The van der Waals surface area contributed by atoms with Gasteiger partial charge in [0.05, 0.1) is 18.2 Å². The Bertz CT molecular complexity index is 1780. The number of ether oxygens (including phenoxy) is 4. The summed E-state index contributed by atoms with van der Waals surface area (Å²) in [5.41, 5.74) is 0.620. The van der Waals surface area contributed by atoms with Crippen molar-refractivity contribution in [1.82, 2.24) is 10.3 Å². The topological polar surface area (TPSA) is 108 Å². The number of halogens is 1. The Hall–Kier alpha value is -4.54. The lowest BCUT2D eigenvalue weighted by atomic mass is 9.94. The number of benzene rings is 3. The molecule has 7 rings (SSSR count). The van der Waals surface area contributed by atoms with Gasteiger partial charge in [0.15, 0.2) is 28.8 Å². The third kappa shape index (κ3) is 6.80. The van der Waals surface area contributed by atoms with E-state index in [9.17, 15) is 9.59 Å². The van der Waals surface area contributed by atoms with E-state index in [1.165, 1.54) is 12.1 Å². The summed E-state index contributed by atoms with van der Waals surface area (Å²) in [6.07, 6.45) is 6.63. The van der Waals surface area contributed by atoms with Gasteiger partial charge in [-0.15, -0.1) is 0 Å².